The largest absolute Gasteiger partial charge is 0.385 e. The molecule has 98 valence electrons. The van der Waals surface area contributed by atoms with Gasteiger partial charge in [-0.05, 0) is 13.3 Å². The van der Waals surface area contributed by atoms with Crippen LogP contribution in [-0.4, -0.2) is 28.4 Å². The zero-order valence-electron chi connectivity index (χ0n) is 10.7. The van der Waals surface area contributed by atoms with Crippen LogP contribution in [0.1, 0.15) is 17.9 Å². The average Bonchev–Trinajstić information content (AvgIpc) is 2.96. The van der Waals surface area contributed by atoms with E-state index >= 15 is 0 Å². The molecule has 0 aliphatic rings. The number of nitrogens with one attached hydrogen (secondary N) is 1. The number of hydrogen-bond donors (Lipinski definition) is 1. The highest BCUT2D eigenvalue weighted by Gasteiger charge is 2.04. The van der Waals surface area contributed by atoms with Crippen molar-refractivity contribution in [3.8, 4) is 0 Å². The minimum Gasteiger partial charge on any atom is -0.385 e. The van der Waals surface area contributed by atoms with Gasteiger partial charge in [0.15, 0.2) is 0 Å². The lowest BCUT2D eigenvalue weighted by molar-refractivity contribution is 0.190. The number of aromatic nitrogens is 3. The number of nitrogens with zero attached hydrogens (tertiary/aromatic N) is 3. The van der Waals surface area contributed by atoms with E-state index in [0.717, 1.165) is 37.0 Å². The molecule has 18 heavy (non-hydrogen) atoms. The molecular formula is C12H18N4O2. The van der Waals surface area contributed by atoms with E-state index < -0.39 is 0 Å². The molecule has 0 amide bonds. The number of hydrogen-bond acceptors (Lipinski definition) is 5. The Kier molecular flexibility index (Phi) is 4.35. The molecule has 0 atom stereocenters. The smallest absolute Gasteiger partial charge is 0.203 e. The van der Waals surface area contributed by atoms with Crippen LogP contribution in [0.3, 0.4) is 0 Å². The molecule has 2 aromatic heterocycles. The minimum absolute atomic E-state index is 0.610. The Bertz CT molecular complexity index is 478. The summed E-state index contributed by atoms with van der Waals surface area (Å²) in [6, 6.07) is 1.91. The fraction of sp³-hybridized carbons (Fsp3) is 0.500. The quantitative estimate of drug-likeness (QED) is 0.759. The van der Waals surface area contributed by atoms with Gasteiger partial charge < -0.3 is 19.1 Å². The van der Waals surface area contributed by atoms with Crippen LogP contribution in [0.2, 0.25) is 0 Å². The number of aryl methyl sites for hydroxylation is 2. The van der Waals surface area contributed by atoms with E-state index in [1.165, 1.54) is 0 Å². The summed E-state index contributed by atoms with van der Waals surface area (Å²) in [6.07, 6.45) is 4.69. The lowest BCUT2D eigenvalue weighted by Crippen LogP contribution is -2.08. The van der Waals surface area contributed by atoms with E-state index in [0.29, 0.717) is 6.54 Å². The minimum atomic E-state index is 0.610. The third kappa shape index (κ3) is 3.33. The Morgan fingerprint density at radius 3 is 3.11 bits per heavy atom. The molecule has 6 nitrogen and oxygen atoms in total. The van der Waals surface area contributed by atoms with Crippen LogP contribution < -0.4 is 5.32 Å². The lowest BCUT2D eigenvalue weighted by Gasteiger charge is -2.08. The van der Waals surface area contributed by atoms with Gasteiger partial charge in [0.25, 0.3) is 0 Å². The van der Waals surface area contributed by atoms with Crippen LogP contribution in [0.15, 0.2) is 23.0 Å². The number of anilines is 1. The number of methoxy groups -OCH3 is 1. The van der Waals surface area contributed by atoms with Crippen LogP contribution in [0.25, 0.3) is 0 Å². The Hall–Kier alpha value is -1.82. The standard InChI is InChI=1S/C12H18N4O2/c1-10-8-11(15-18-10)9-14-12-13-4-6-16(12)5-3-7-17-2/h4,6,8H,3,5,7,9H2,1-2H3,(H,13,14). The van der Waals surface area contributed by atoms with Crippen molar-refractivity contribution < 1.29 is 9.26 Å². The van der Waals surface area contributed by atoms with Crippen LogP contribution in [0.4, 0.5) is 5.95 Å². The normalized spacial score (nSPS) is 10.8. The summed E-state index contributed by atoms with van der Waals surface area (Å²) >= 11 is 0. The summed E-state index contributed by atoms with van der Waals surface area (Å²) in [6.45, 7) is 4.12. The van der Waals surface area contributed by atoms with Crippen LogP contribution >= 0.6 is 0 Å². The van der Waals surface area contributed by atoms with Crippen molar-refractivity contribution in [1.82, 2.24) is 14.7 Å². The van der Waals surface area contributed by atoms with Gasteiger partial charge in [0.1, 0.15) is 11.5 Å². The lowest BCUT2D eigenvalue weighted by atomic mass is 10.4. The van der Waals surface area contributed by atoms with Crippen LogP contribution in [-0.2, 0) is 17.8 Å². The first-order valence-electron chi connectivity index (χ1n) is 5.95. The first-order valence-corrected chi connectivity index (χ1v) is 5.95. The van der Waals surface area contributed by atoms with E-state index in [9.17, 15) is 0 Å². The van der Waals surface area contributed by atoms with Crippen molar-refractivity contribution in [2.24, 2.45) is 0 Å². The predicted octanol–water partition coefficient (Wildman–Crippen LogP) is 1.83. The van der Waals surface area contributed by atoms with Crippen molar-refractivity contribution in [3.63, 3.8) is 0 Å². The maximum Gasteiger partial charge on any atom is 0.203 e. The van der Waals surface area contributed by atoms with Gasteiger partial charge in [-0.2, -0.15) is 0 Å². The number of rotatable bonds is 7. The van der Waals surface area contributed by atoms with Gasteiger partial charge in [-0.25, -0.2) is 4.98 Å². The van der Waals surface area contributed by atoms with Crippen molar-refractivity contribution in [2.75, 3.05) is 19.0 Å². The van der Waals surface area contributed by atoms with E-state index in [1.54, 1.807) is 13.3 Å². The van der Waals surface area contributed by atoms with Gasteiger partial charge in [0, 0.05) is 38.7 Å². The molecule has 0 fully saturated rings. The number of ether oxygens (including phenoxy) is 1. The first-order chi connectivity index (χ1) is 8.79. The van der Waals surface area contributed by atoms with Crippen LogP contribution in [0.5, 0.6) is 0 Å². The highest BCUT2D eigenvalue weighted by molar-refractivity contribution is 5.27. The molecule has 0 unspecified atom stereocenters. The Morgan fingerprint density at radius 1 is 1.50 bits per heavy atom. The molecule has 0 aromatic carbocycles. The summed E-state index contributed by atoms with van der Waals surface area (Å²) in [5.41, 5.74) is 0.874. The summed E-state index contributed by atoms with van der Waals surface area (Å²) in [4.78, 5) is 4.27. The zero-order chi connectivity index (χ0) is 12.8. The molecule has 0 radical (unpaired) electrons. The monoisotopic (exact) mass is 250 g/mol. The third-order valence-electron chi connectivity index (χ3n) is 2.57. The second-order valence-electron chi connectivity index (χ2n) is 4.07. The Morgan fingerprint density at radius 2 is 2.39 bits per heavy atom. The molecule has 0 spiro atoms. The highest BCUT2D eigenvalue weighted by atomic mass is 16.5. The summed E-state index contributed by atoms with van der Waals surface area (Å²) < 4.78 is 12.1. The maximum atomic E-state index is 5.04. The molecule has 6 heteroatoms. The van der Waals surface area contributed by atoms with Gasteiger partial charge in [0.2, 0.25) is 5.95 Å². The Labute approximate surface area is 106 Å². The zero-order valence-corrected chi connectivity index (χ0v) is 10.7. The summed E-state index contributed by atoms with van der Waals surface area (Å²) in [5, 5.41) is 7.16. The molecular weight excluding hydrogens is 232 g/mol. The molecule has 0 bridgehead atoms. The molecule has 1 N–H and O–H groups in total. The highest BCUT2D eigenvalue weighted by Crippen LogP contribution is 2.08. The molecule has 0 aliphatic carbocycles. The van der Waals surface area contributed by atoms with Crippen molar-refractivity contribution >= 4 is 5.95 Å². The fourth-order valence-electron chi connectivity index (χ4n) is 1.71. The van der Waals surface area contributed by atoms with E-state index in [1.807, 2.05) is 19.2 Å². The predicted molar refractivity (Wildman–Crippen MR) is 67.3 cm³/mol. The third-order valence-corrected chi connectivity index (χ3v) is 2.57. The van der Waals surface area contributed by atoms with E-state index in [-0.39, 0.29) is 0 Å². The van der Waals surface area contributed by atoms with Gasteiger partial charge in [-0.1, -0.05) is 5.16 Å². The Balaban J connectivity index is 1.87. The molecule has 2 rings (SSSR count). The molecule has 0 saturated carbocycles. The molecule has 0 saturated heterocycles. The van der Waals surface area contributed by atoms with Crippen molar-refractivity contribution in [1.29, 1.82) is 0 Å². The second-order valence-corrected chi connectivity index (χ2v) is 4.07. The van der Waals surface area contributed by atoms with Gasteiger partial charge in [0.05, 0.1) is 6.54 Å². The molecule has 0 aliphatic heterocycles. The first kappa shape index (κ1) is 12.6. The maximum absolute atomic E-state index is 5.04. The number of imidazole rings is 1. The van der Waals surface area contributed by atoms with Gasteiger partial charge in [-0.3, -0.25) is 0 Å². The second kappa shape index (κ2) is 6.20. The van der Waals surface area contributed by atoms with E-state index in [2.05, 4.69) is 20.0 Å². The average molecular weight is 250 g/mol. The molecule has 2 heterocycles. The molecule has 2 aromatic rings. The van der Waals surface area contributed by atoms with Crippen molar-refractivity contribution in [3.05, 3.63) is 29.9 Å². The summed E-state index contributed by atoms with van der Waals surface area (Å²) in [7, 11) is 1.71. The SMILES string of the molecule is COCCCn1ccnc1NCc1cc(C)on1. The topological polar surface area (TPSA) is 65.1 Å². The van der Waals surface area contributed by atoms with Crippen molar-refractivity contribution in [2.45, 2.75) is 26.4 Å². The summed E-state index contributed by atoms with van der Waals surface area (Å²) in [5.74, 6) is 1.65. The fourth-order valence-corrected chi connectivity index (χ4v) is 1.71. The van der Waals surface area contributed by atoms with Gasteiger partial charge >= 0.3 is 0 Å². The van der Waals surface area contributed by atoms with Gasteiger partial charge in [-0.15, -0.1) is 0 Å². The van der Waals surface area contributed by atoms with Crippen LogP contribution in [0, 0.1) is 6.92 Å². The van der Waals surface area contributed by atoms with E-state index in [4.69, 9.17) is 9.26 Å².